The molecule has 0 saturated heterocycles. The average molecular weight is 265 g/mol. The number of fused-ring (bicyclic) bond motifs is 1. The Kier molecular flexibility index (Phi) is 3.12. The highest BCUT2D eigenvalue weighted by Gasteiger charge is 2.22. The second-order valence-corrected chi connectivity index (χ2v) is 5.72. The van der Waals surface area contributed by atoms with Crippen molar-refractivity contribution in [2.45, 2.75) is 31.6 Å². The van der Waals surface area contributed by atoms with Crippen LogP contribution in [0.5, 0.6) is 0 Å². The van der Waals surface area contributed by atoms with E-state index in [-0.39, 0.29) is 0 Å². The zero-order valence-corrected chi connectivity index (χ0v) is 11.2. The molecular formula is C13H17ClN4. The number of aryl methyl sites for hydroxylation is 1. The monoisotopic (exact) mass is 264 g/mol. The van der Waals surface area contributed by atoms with E-state index in [1.54, 1.807) is 6.33 Å². The fourth-order valence-electron chi connectivity index (χ4n) is 2.63. The van der Waals surface area contributed by atoms with Gasteiger partial charge in [-0.1, -0.05) is 0 Å². The highest BCUT2D eigenvalue weighted by atomic mass is 35.5. The van der Waals surface area contributed by atoms with Gasteiger partial charge >= 0.3 is 0 Å². The van der Waals surface area contributed by atoms with Crippen molar-refractivity contribution in [2.75, 3.05) is 11.9 Å². The number of hydrogen-bond acceptors (Lipinski definition) is 3. The van der Waals surface area contributed by atoms with Crippen molar-refractivity contribution >= 4 is 23.1 Å². The summed E-state index contributed by atoms with van der Waals surface area (Å²) < 4.78 is 1.85. The topological polar surface area (TPSA) is 42.2 Å². The third kappa shape index (κ3) is 2.29. The molecule has 2 atom stereocenters. The van der Waals surface area contributed by atoms with E-state index in [1.807, 2.05) is 10.6 Å². The van der Waals surface area contributed by atoms with Crippen LogP contribution in [0.2, 0.25) is 0 Å². The van der Waals surface area contributed by atoms with Crippen LogP contribution in [0.15, 0.2) is 18.5 Å². The summed E-state index contributed by atoms with van der Waals surface area (Å²) in [6.07, 6.45) is 5.05. The fraction of sp³-hybridized carbons (Fsp3) is 0.538. The molecule has 1 aliphatic rings. The van der Waals surface area contributed by atoms with Gasteiger partial charge in [-0.2, -0.15) is 9.61 Å². The van der Waals surface area contributed by atoms with Crippen LogP contribution in [0.25, 0.3) is 5.65 Å². The Balaban J connectivity index is 1.75. The summed E-state index contributed by atoms with van der Waals surface area (Å²) in [6.45, 7) is 3.03. The summed E-state index contributed by atoms with van der Waals surface area (Å²) in [5.74, 6) is 1.69. The van der Waals surface area contributed by atoms with Gasteiger partial charge in [-0.3, -0.25) is 0 Å². The van der Waals surface area contributed by atoms with E-state index in [0.717, 1.165) is 30.9 Å². The first-order valence-corrected chi connectivity index (χ1v) is 6.84. The highest BCUT2D eigenvalue weighted by Crippen LogP contribution is 2.29. The molecule has 18 heavy (non-hydrogen) atoms. The molecule has 0 amide bonds. The number of nitrogens with zero attached hydrogens (tertiary/aromatic N) is 3. The van der Waals surface area contributed by atoms with Gasteiger partial charge in [0, 0.05) is 11.9 Å². The van der Waals surface area contributed by atoms with Crippen molar-refractivity contribution in [3.8, 4) is 0 Å². The van der Waals surface area contributed by atoms with E-state index < -0.39 is 0 Å². The molecule has 5 heteroatoms. The van der Waals surface area contributed by atoms with Crippen LogP contribution in [0, 0.1) is 12.8 Å². The van der Waals surface area contributed by atoms with Crippen LogP contribution in [0.3, 0.4) is 0 Å². The van der Waals surface area contributed by atoms with E-state index in [2.05, 4.69) is 28.4 Å². The largest absolute Gasteiger partial charge is 0.370 e. The van der Waals surface area contributed by atoms with Gasteiger partial charge in [0.05, 0.1) is 0 Å². The Labute approximate surface area is 111 Å². The third-order valence-corrected chi connectivity index (χ3v) is 3.97. The van der Waals surface area contributed by atoms with Crippen molar-refractivity contribution in [3.05, 3.63) is 24.0 Å². The van der Waals surface area contributed by atoms with Crippen LogP contribution < -0.4 is 5.32 Å². The van der Waals surface area contributed by atoms with Gasteiger partial charge in [-0.25, -0.2) is 4.98 Å². The van der Waals surface area contributed by atoms with Gasteiger partial charge in [0.15, 0.2) is 5.65 Å². The minimum absolute atomic E-state index is 0.362. The van der Waals surface area contributed by atoms with E-state index in [1.165, 1.54) is 12.0 Å². The number of alkyl halides is 1. The molecule has 2 aromatic rings. The van der Waals surface area contributed by atoms with Gasteiger partial charge in [-0.05, 0) is 49.8 Å². The Morgan fingerprint density at radius 1 is 1.44 bits per heavy atom. The lowest BCUT2D eigenvalue weighted by Crippen LogP contribution is -2.14. The van der Waals surface area contributed by atoms with Gasteiger partial charge < -0.3 is 5.32 Å². The van der Waals surface area contributed by atoms with Gasteiger partial charge in [0.25, 0.3) is 0 Å². The minimum Gasteiger partial charge on any atom is -0.370 e. The highest BCUT2D eigenvalue weighted by molar-refractivity contribution is 6.20. The molecule has 1 aliphatic carbocycles. The molecule has 3 rings (SSSR count). The molecule has 0 bridgehead atoms. The molecular weight excluding hydrogens is 248 g/mol. The molecule has 0 aromatic carbocycles. The Hall–Kier alpha value is -1.29. The number of halogens is 1. The van der Waals surface area contributed by atoms with Crippen LogP contribution in [-0.2, 0) is 0 Å². The summed E-state index contributed by atoms with van der Waals surface area (Å²) in [7, 11) is 0. The lowest BCUT2D eigenvalue weighted by Gasteiger charge is -2.13. The first kappa shape index (κ1) is 11.8. The smallest absolute Gasteiger partial charge is 0.157 e. The number of aromatic nitrogens is 3. The first-order chi connectivity index (χ1) is 8.72. The van der Waals surface area contributed by atoms with E-state index >= 15 is 0 Å². The van der Waals surface area contributed by atoms with Crippen LogP contribution in [0.4, 0.5) is 5.82 Å². The number of rotatable bonds is 3. The predicted octanol–water partition coefficient (Wildman–Crippen LogP) is 2.86. The Morgan fingerprint density at radius 3 is 3.11 bits per heavy atom. The van der Waals surface area contributed by atoms with Crippen molar-refractivity contribution < 1.29 is 0 Å². The number of pyridine rings is 1. The molecule has 96 valence electrons. The first-order valence-electron chi connectivity index (χ1n) is 6.40. The minimum atomic E-state index is 0.362. The average Bonchev–Trinajstić information content (AvgIpc) is 2.94. The third-order valence-electron chi connectivity index (χ3n) is 3.57. The van der Waals surface area contributed by atoms with Crippen LogP contribution in [0.1, 0.15) is 24.8 Å². The Morgan fingerprint density at radius 2 is 2.33 bits per heavy atom. The molecule has 4 nitrogen and oxygen atoms in total. The van der Waals surface area contributed by atoms with E-state index in [4.69, 9.17) is 11.6 Å². The summed E-state index contributed by atoms with van der Waals surface area (Å²) in [4.78, 5) is 4.22. The molecule has 1 fully saturated rings. The Bertz CT molecular complexity index is 551. The molecule has 1 saturated carbocycles. The molecule has 2 heterocycles. The molecule has 2 unspecified atom stereocenters. The summed E-state index contributed by atoms with van der Waals surface area (Å²) in [5.41, 5.74) is 2.08. The molecule has 2 aromatic heterocycles. The molecule has 0 spiro atoms. The maximum absolute atomic E-state index is 6.14. The second-order valence-electron chi connectivity index (χ2n) is 5.11. The van der Waals surface area contributed by atoms with Gasteiger partial charge in [0.1, 0.15) is 12.1 Å². The maximum atomic E-state index is 6.14. The zero-order chi connectivity index (χ0) is 12.5. The molecule has 0 aliphatic heterocycles. The van der Waals surface area contributed by atoms with Gasteiger partial charge in [0.2, 0.25) is 0 Å². The maximum Gasteiger partial charge on any atom is 0.157 e. The van der Waals surface area contributed by atoms with Crippen molar-refractivity contribution in [1.82, 2.24) is 14.6 Å². The number of nitrogens with one attached hydrogen (secondary N) is 1. The van der Waals surface area contributed by atoms with E-state index in [9.17, 15) is 0 Å². The van der Waals surface area contributed by atoms with Gasteiger partial charge in [-0.15, -0.1) is 11.6 Å². The van der Waals surface area contributed by atoms with Crippen molar-refractivity contribution in [2.24, 2.45) is 5.92 Å². The normalized spacial score (nSPS) is 23.7. The lowest BCUT2D eigenvalue weighted by atomic mass is 10.1. The SMILES string of the molecule is Cc1cc(NCC2CCC(Cl)C2)n2ncnc2c1. The van der Waals surface area contributed by atoms with Crippen molar-refractivity contribution in [3.63, 3.8) is 0 Å². The summed E-state index contributed by atoms with van der Waals surface area (Å²) in [6, 6.07) is 4.14. The van der Waals surface area contributed by atoms with Crippen molar-refractivity contribution in [1.29, 1.82) is 0 Å². The summed E-state index contributed by atoms with van der Waals surface area (Å²) in [5, 5.41) is 8.08. The fourth-order valence-corrected chi connectivity index (χ4v) is 3.01. The quantitative estimate of drug-likeness (QED) is 0.867. The predicted molar refractivity (Wildman–Crippen MR) is 73.2 cm³/mol. The molecule has 0 radical (unpaired) electrons. The summed E-state index contributed by atoms with van der Waals surface area (Å²) >= 11 is 6.14. The molecule has 1 N–H and O–H groups in total. The number of hydrogen-bond donors (Lipinski definition) is 1. The number of anilines is 1. The lowest BCUT2D eigenvalue weighted by molar-refractivity contribution is 0.578. The second kappa shape index (κ2) is 4.76. The van der Waals surface area contributed by atoms with Crippen LogP contribution in [-0.4, -0.2) is 26.5 Å². The van der Waals surface area contributed by atoms with E-state index in [0.29, 0.717) is 11.3 Å². The standard InChI is InChI=1S/C13H17ClN4/c1-9-4-12(18-13(5-9)16-8-17-18)15-7-10-2-3-11(14)6-10/h4-5,8,10-11,15H,2-3,6-7H2,1H3. The van der Waals surface area contributed by atoms with Crippen LogP contribution >= 0.6 is 11.6 Å². The zero-order valence-electron chi connectivity index (χ0n) is 10.4.